The second kappa shape index (κ2) is 19.2. The van der Waals surface area contributed by atoms with Crippen molar-refractivity contribution >= 4 is 64.8 Å². The number of fused-ring (bicyclic) bond motifs is 2. The van der Waals surface area contributed by atoms with Gasteiger partial charge in [0.15, 0.2) is 0 Å². The zero-order chi connectivity index (χ0) is 37.0. The third-order valence-corrected chi connectivity index (χ3v) is 12.2. The van der Waals surface area contributed by atoms with Crippen LogP contribution in [0.2, 0.25) is 0 Å². The standard InChI is InChI=1S/C33H24P.C15H15N.2ClH.Ru/c1-24-20-21-25-12-8-10-18-29(25)32(24)33-30-19-11-9-13-26(30)22-23-31(33)34(27-14-4-2-5-15-27)28-16-6-3-7-17-28;1-12(13-8-4-2-5-9-13)15(16)14-10-6-3-7-11-14;;;/h2-23H,1H2;2-12,15-16H,1H2;2*1H;/q-1;-2;;;+2/p-1. The van der Waals surface area contributed by atoms with Gasteiger partial charge in [-0.3, -0.25) is 0 Å². The Kier molecular flexibility index (Phi) is 13.9. The average molecular weight is 834 g/mol. The second-order valence-corrected chi connectivity index (χ2v) is 17.7. The first-order valence-corrected chi connectivity index (χ1v) is 23.3. The second-order valence-electron chi connectivity index (χ2n) is 12.6. The summed E-state index contributed by atoms with van der Waals surface area (Å²) >= 11 is -0.346. The molecule has 8 aromatic rings. The molecule has 53 heavy (non-hydrogen) atoms. The number of hydrogen-bond acceptors (Lipinski definition) is 0. The van der Waals surface area contributed by atoms with Crippen molar-refractivity contribution in [2.24, 2.45) is 0 Å². The number of benzene rings is 8. The molecule has 266 valence electrons. The molecule has 0 saturated heterocycles. The van der Waals surface area contributed by atoms with Crippen molar-refractivity contribution in [3.63, 3.8) is 0 Å². The Bertz CT molecular complexity index is 2260. The van der Waals surface area contributed by atoms with Gasteiger partial charge in [-0.2, -0.15) is 24.5 Å². The molecule has 1 N–H and O–H groups in total. The number of nitrogens with one attached hydrogen (secondary N) is 1. The summed E-state index contributed by atoms with van der Waals surface area (Å²) < 4.78 is 0. The summed E-state index contributed by atoms with van der Waals surface area (Å²) in [5.41, 5.74) is 14.0. The van der Waals surface area contributed by atoms with Gasteiger partial charge in [-0.05, 0) is 52.1 Å². The minimum atomic E-state index is -1.26. The first-order valence-electron chi connectivity index (χ1n) is 17.3. The van der Waals surface area contributed by atoms with Gasteiger partial charge in [-0.1, -0.05) is 168 Å². The third kappa shape index (κ3) is 9.28. The van der Waals surface area contributed by atoms with Gasteiger partial charge in [0.25, 0.3) is 0 Å². The van der Waals surface area contributed by atoms with Crippen LogP contribution in [-0.2, 0) is 15.1 Å². The van der Waals surface area contributed by atoms with Crippen molar-refractivity contribution in [3.05, 3.63) is 230 Å². The SMILES string of the molecule is [CH2-]C(c1ccccc1)C([NH-])c1ccccc1.[CH2-]c1ccc2ccccc2c1-c1c([PH+](c2ccccc2)c2ccccc2)ccc2ccccc12.[Cl][Ru][Cl]. The Morgan fingerprint density at radius 3 is 1.38 bits per heavy atom. The summed E-state index contributed by atoms with van der Waals surface area (Å²) in [6, 6.07) is 68.1. The zero-order valence-electron chi connectivity index (χ0n) is 29.2. The molecule has 0 saturated carbocycles. The van der Waals surface area contributed by atoms with Gasteiger partial charge >= 0.3 is 34.5 Å². The van der Waals surface area contributed by atoms with Gasteiger partial charge in [0.1, 0.15) is 10.6 Å². The van der Waals surface area contributed by atoms with Crippen molar-refractivity contribution in [1.29, 1.82) is 0 Å². The van der Waals surface area contributed by atoms with E-state index in [-0.39, 0.29) is 27.1 Å². The van der Waals surface area contributed by atoms with Crippen molar-refractivity contribution in [2.75, 3.05) is 0 Å². The predicted octanol–water partition coefficient (Wildman–Crippen LogP) is 13.1. The fourth-order valence-electron chi connectivity index (χ4n) is 6.83. The van der Waals surface area contributed by atoms with E-state index in [9.17, 15) is 0 Å². The van der Waals surface area contributed by atoms with E-state index in [0.717, 1.165) is 16.7 Å². The Morgan fingerprint density at radius 1 is 0.472 bits per heavy atom. The van der Waals surface area contributed by atoms with Crippen LogP contribution in [0.3, 0.4) is 0 Å². The van der Waals surface area contributed by atoms with E-state index in [0.29, 0.717) is 0 Å². The third-order valence-electron chi connectivity index (χ3n) is 9.38. The molecule has 0 bridgehead atoms. The van der Waals surface area contributed by atoms with Gasteiger partial charge in [-0.25, -0.2) is 0 Å². The molecule has 0 amide bonds. The molecule has 0 fully saturated rings. The van der Waals surface area contributed by atoms with Crippen LogP contribution in [0.5, 0.6) is 0 Å². The fraction of sp³-hybridized carbons (Fsp3) is 0.0417. The Balaban J connectivity index is 0.000000211. The van der Waals surface area contributed by atoms with Gasteiger partial charge in [0, 0.05) is 0 Å². The summed E-state index contributed by atoms with van der Waals surface area (Å²) in [5, 5.41) is 9.24. The summed E-state index contributed by atoms with van der Waals surface area (Å²) in [6.07, 6.45) is 0. The van der Waals surface area contributed by atoms with Gasteiger partial charge in [0.05, 0.1) is 13.2 Å². The van der Waals surface area contributed by atoms with E-state index in [2.05, 4.69) is 147 Å². The summed E-state index contributed by atoms with van der Waals surface area (Å²) in [6.45, 7) is 8.61. The van der Waals surface area contributed by atoms with Crippen LogP contribution in [0.15, 0.2) is 194 Å². The molecule has 8 aromatic carbocycles. The maximum atomic E-state index is 8.19. The molecule has 0 spiro atoms. The van der Waals surface area contributed by atoms with Crippen LogP contribution in [0.1, 0.15) is 28.7 Å². The van der Waals surface area contributed by atoms with Crippen LogP contribution < -0.4 is 15.9 Å². The monoisotopic (exact) mass is 833 g/mol. The molecule has 8 rings (SSSR count). The van der Waals surface area contributed by atoms with E-state index < -0.39 is 7.92 Å². The van der Waals surface area contributed by atoms with Crippen LogP contribution in [0.4, 0.5) is 0 Å². The van der Waals surface area contributed by atoms with Gasteiger partial charge < -0.3 is 12.7 Å². The molecule has 0 aliphatic rings. The van der Waals surface area contributed by atoms with E-state index >= 15 is 0 Å². The number of rotatable bonds is 7. The first kappa shape index (κ1) is 38.5. The number of hydrogen-bond donors (Lipinski definition) is 0. The molecular weight excluding hydrogens is 793 g/mol. The normalized spacial score (nSPS) is 12.0. The van der Waals surface area contributed by atoms with E-state index in [4.69, 9.17) is 25.1 Å². The molecule has 0 heterocycles. The molecule has 5 heteroatoms. The van der Waals surface area contributed by atoms with E-state index in [1.54, 1.807) is 0 Å². The summed E-state index contributed by atoms with van der Waals surface area (Å²) in [5.74, 6) is -0.0244. The Labute approximate surface area is 331 Å². The Hall–Kier alpha value is -4.26. The van der Waals surface area contributed by atoms with Crippen molar-refractivity contribution < 1.29 is 15.1 Å². The first-order chi connectivity index (χ1) is 26.0. The quantitative estimate of drug-likeness (QED) is 0.0868. The zero-order valence-corrected chi connectivity index (χ0v) is 33.4. The predicted molar refractivity (Wildman–Crippen MR) is 231 cm³/mol. The molecule has 0 radical (unpaired) electrons. The maximum absolute atomic E-state index is 8.19. The van der Waals surface area contributed by atoms with Crippen molar-refractivity contribution in [1.82, 2.24) is 0 Å². The van der Waals surface area contributed by atoms with Gasteiger partial charge in [-0.15, -0.1) is 17.7 Å². The minimum absolute atomic E-state index is 0.0244. The molecule has 2 atom stereocenters. The molecule has 0 aliphatic carbocycles. The molecule has 0 aromatic heterocycles. The van der Waals surface area contributed by atoms with Crippen LogP contribution >= 0.6 is 27.3 Å². The molecule has 0 aliphatic heterocycles. The van der Waals surface area contributed by atoms with E-state index in [1.807, 2.05) is 60.7 Å². The fourth-order valence-corrected chi connectivity index (χ4v) is 9.60. The van der Waals surface area contributed by atoms with Gasteiger partial charge in [0.2, 0.25) is 0 Å². The van der Waals surface area contributed by atoms with Crippen molar-refractivity contribution in [3.8, 4) is 11.1 Å². The van der Waals surface area contributed by atoms with Crippen LogP contribution in [0, 0.1) is 13.8 Å². The number of halogens is 2. The van der Waals surface area contributed by atoms with E-state index in [1.165, 1.54) is 48.6 Å². The Morgan fingerprint density at radius 2 is 0.868 bits per heavy atom. The summed E-state index contributed by atoms with van der Waals surface area (Å²) in [4.78, 5) is 0. The van der Waals surface area contributed by atoms with Crippen LogP contribution in [0.25, 0.3) is 38.4 Å². The summed E-state index contributed by atoms with van der Waals surface area (Å²) in [7, 11) is 8.45. The molecule has 2 unspecified atom stereocenters. The molecule has 1 nitrogen and oxygen atoms in total. The van der Waals surface area contributed by atoms with Crippen molar-refractivity contribution in [2.45, 2.75) is 12.0 Å². The van der Waals surface area contributed by atoms with Crippen LogP contribution in [-0.4, -0.2) is 0 Å². The average Bonchev–Trinajstić information content (AvgIpc) is 3.22. The molecular formula is C48H40Cl2NPRu-2. The topological polar surface area (TPSA) is 23.8 Å².